The first-order chi connectivity index (χ1) is 14.4. The summed E-state index contributed by atoms with van der Waals surface area (Å²) in [4.78, 5) is 0. The summed E-state index contributed by atoms with van der Waals surface area (Å²) in [6.07, 6.45) is 13.3. The van der Waals surface area contributed by atoms with Crippen molar-refractivity contribution in [2.24, 2.45) is 52.3 Å². The molecular formula is C30H52O. The number of hydrogen-bond acceptors (Lipinski definition) is 1. The highest BCUT2D eigenvalue weighted by atomic mass is 16.3. The fraction of sp³-hybridized carbons (Fsp3) is 0.933. The highest BCUT2D eigenvalue weighted by Crippen LogP contribution is 2.70. The van der Waals surface area contributed by atoms with Crippen LogP contribution < -0.4 is 0 Å². The van der Waals surface area contributed by atoms with E-state index in [1.165, 1.54) is 57.8 Å². The van der Waals surface area contributed by atoms with Crippen LogP contribution in [0.3, 0.4) is 0 Å². The molecule has 0 bridgehead atoms. The number of fused-ring (bicyclic) bond motifs is 5. The smallest absolute Gasteiger partial charge is 0.0690 e. The standard InChI is InChI=1S/C30H52O/c1-19(2)10-9-11-21(4)23-12-13-24-27-25(15-17-28(23,24)6)29(7)16-14-20(3)22(5)26(29)18-30(27,8)31/h19-21,23-25,27,31H,9-18H2,1-8H3/t20?,21-,23-,24+,25+,27+,28-,29-,30-/m1/s1. The topological polar surface area (TPSA) is 20.2 Å². The van der Waals surface area contributed by atoms with Crippen molar-refractivity contribution in [2.75, 3.05) is 0 Å². The number of allylic oxidation sites excluding steroid dienone is 1. The molecule has 0 aliphatic heterocycles. The van der Waals surface area contributed by atoms with Gasteiger partial charge in [0.1, 0.15) is 0 Å². The lowest BCUT2D eigenvalue weighted by molar-refractivity contribution is -0.160. The van der Waals surface area contributed by atoms with Gasteiger partial charge in [-0.2, -0.15) is 0 Å². The lowest BCUT2D eigenvalue weighted by Crippen LogP contribution is -2.60. The summed E-state index contributed by atoms with van der Waals surface area (Å²) < 4.78 is 0. The van der Waals surface area contributed by atoms with E-state index < -0.39 is 5.60 Å². The molecule has 0 heterocycles. The van der Waals surface area contributed by atoms with Gasteiger partial charge in [-0.1, -0.05) is 72.0 Å². The second-order valence-corrected chi connectivity index (χ2v) is 13.8. The molecule has 0 aromatic heterocycles. The predicted octanol–water partition coefficient (Wildman–Crippen LogP) is 8.41. The van der Waals surface area contributed by atoms with Gasteiger partial charge in [-0.25, -0.2) is 0 Å². The molecule has 4 aliphatic carbocycles. The summed E-state index contributed by atoms with van der Waals surface area (Å²) in [7, 11) is 0. The van der Waals surface area contributed by atoms with E-state index in [0.29, 0.717) is 28.6 Å². The SMILES string of the molecule is CC1=C2C[C@@](C)(O)[C@H]3[C@@H]4CC[C@H]([C@H](C)CCCC(C)C)[C@@]4(C)CC[C@@H]3[C@@]2(C)CCC1C. The number of aliphatic hydroxyl groups is 1. The average Bonchev–Trinajstić information content (AvgIpc) is 3.03. The van der Waals surface area contributed by atoms with Crippen molar-refractivity contribution >= 4 is 0 Å². The van der Waals surface area contributed by atoms with Gasteiger partial charge in [0.05, 0.1) is 5.60 Å². The third-order valence-electron chi connectivity index (χ3n) is 11.5. The van der Waals surface area contributed by atoms with Gasteiger partial charge in [0.15, 0.2) is 0 Å². The minimum absolute atomic E-state index is 0.339. The van der Waals surface area contributed by atoms with Crippen molar-refractivity contribution < 1.29 is 5.11 Å². The zero-order valence-electron chi connectivity index (χ0n) is 22.1. The van der Waals surface area contributed by atoms with Crippen molar-refractivity contribution in [2.45, 2.75) is 125 Å². The minimum atomic E-state index is -0.528. The van der Waals surface area contributed by atoms with Gasteiger partial charge in [0, 0.05) is 0 Å². The molecule has 0 aromatic carbocycles. The summed E-state index contributed by atoms with van der Waals surface area (Å²) in [5.74, 6) is 5.12. The quantitative estimate of drug-likeness (QED) is 0.436. The van der Waals surface area contributed by atoms with E-state index in [0.717, 1.165) is 30.1 Å². The van der Waals surface area contributed by atoms with Crippen molar-refractivity contribution in [3.63, 3.8) is 0 Å². The Morgan fingerprint density at radius 3 is 2.32 bits per heavy atom. The summed E-state index contributed by atoms with van der Waals surface area (Å²) >= 11 is 0. The molecule has 178 valence electrons. The Hall–Kier alpha value is -0.300. The van der Waals surface area contributed by atoms with Gasteiger partial charge in [-0.05, 0) is 111 Å². The van der Waals surface area contributed by atoms with Crippen molar-refractivity contribution in [1.82, 2.24) is 0 Å². The molecule has 4 rings (SSSR count). The fourth-order valence-electron chi connectivity index (χ4n) is 9.60. The Morgan fingerprint density at radius 2 is 1.65 bits per heavy atom. The van der Waals surface area contributed by atoms with Crippen LogP contribution in [-0.2, 0) is 0 Å². The van der Waals surface area contributed by atoms with E-state index in [-0.39, 0.29) is 0 Å². The molecule has 9 atom stereocenters. The van der Waals surface area contributed by atoms with Crippen LogP contribution in [0.15, 0.2) is 11.1 Å². The zero-order chi connectivity index (χ0) is 22.8. The minimum Gasteiger partial charge on any atom is -0.390 e. The van der Waals surface area contributed by atoms with Crippen molar-refractivity contribution in [3.8, 4) is 0 Å². The lowest BCUT2D eigenvalue weighted by atomic mass is 9.42. The molecule has 0 spiro atoms. The Bertz CT molecular complexity index is 701. The number of hydrogen-bond donors (Lipinski definition) is 1. The van der Waals surface area contributed by atoms with Crippen LogP contribution in [0.5, 0.6) is 0 Å². The second-order valence-electron chi connectivity index (χ2n) is 13.8. The molecular weight excluding hydrogens is 376 g/mol. The fourth-order valence-corrected chi connectivity index (χ4v) is 9.60. The molecule has 1 unspecified atom stereocenters. The Balaban J connectivity index is 1.60. The molecule has 0 saturated heterocycles. The Labute approximate surface area is 193 Å². The van der Waals surface area contributed by atoms with Gasteiger partial charge in [0.2, 0.25) is 0 Å². The predicted molar refractivity (Wildman–Crippen MR) is 133 cm³/mol. The van der Waals surface area contributed by atoms with Crippen LogP contribution in [0.25, 0.3) is 0 Å². The van der Waals surface area contributed by atoms with Gasteiger partial charge >= 0.3 is 0 Å². The third kappa shape index (κ3) is 3.77. The molecule has 1 nitrogen and oxygen atoms in total. The Morgan fingerprint density at radius 1 is 0.935 bits per heavy atom. The van der Waals surface area contributed by atoms with Crippen LogP contribution in [0.1, 0.15) is 120 Å². The van der Waals surface area contributed by atoms with E-state index in [1.54, 1.807) is 11.1 Å². The molecule has 4 aliphatic rings. The van der Waals surface area contributed by atoms with Gasteiger partial charge in [-0.3, -0.25) is 0 Å². The molecule has 3 saturated carbocycles. The summed E-state index contributed by atoms with van der Waals surface area (Å²) in [6.45, 7) is 19.5. The van der Waals surface area contributed by atoms with Crippen LogP contribution in [-0.4, -0.2) is 10.7 Å². The van der Waals surface area contributed by atoms with Crippen LogP contribution >= 0.6 is 0 Å². The highest BCUT2D eigenvalue weighted by Gasteiger charge is 2.64. The molecule has 0 radical (unpaired) electrons. The maximum Gasteiger partial charge on any atom is 0.0690 e. The molecule has 31 heavy (non-hydrogen) atoms. The second kappa shape index (κ2) is 8.18. The van der Waals surface area contributed by atoms with Gasteiger partial charge in [0.25, 0.3) is 0 Å². The normalized spacial score (nSPS) is 48.4. The average molecular weight is 429 g/mol. The van der Waals surface area contributed by atoms with E-state index in [9.17, 15) is 5.11 Å². The molecule has 3 fully saturated rings. The maximum atomic E-state index is 12.0. The summed E-state index contributed by atoms with van der Waals surface area (Å²) in [5, 5.41) is 12.0. The van der Waals surface area contributed by atoms with Crippen LogP contribution in [0, 0.1) is 52.3 Å². The monoisotopic (exact) mass is 428 g/mol. The third-order valence-corrected chi connectivity index (χ3v) is 11.5. The molecule has 1 N–H and O–H groups in total. The van der Waals surface area contributed by atoms with E-state index in [1.807, 2.05) is 0 Å². The van der Waals surface area contributed by atoms with Crippen LogP contribution in [0.4, 0.5) is 0 Å². The first kappa shape index (κ1) is 23.8. The first-order valence-corrected chi connectivity index (χ1v) is 13.8. The van der Waals surface area contributed by atoms with Gasteiger partial charge in [-0.15, -0.1) is 0 Å². The lowest BCUT2D eigenvalue weighted by Gasteiger charge is -2.63. The van der Waals surface area contributed by atoms with Crippen LogP contribution in [0.2, 0.25) is 0 Å². The molecule has 0 amide bonds. The largest absolute Gasteiger partial charge is 0.390 e. The summed E-state index contributed by atoms with van der Waals surface area (Å²) in [6, 6.07) is 0. The molecule has 1 heteroatoms. The van der Waals surface area contributed by atoms with E-state index in [2.05, 4.69) is 55.4 Å². The summed E-state index contributed by atoms with van der Waals surface area (Å²) in [5.41, 5.74) is 3.52. The molecule has 0 aromatic rings. The highest BCUT2D eigenvalue weighted by molar-refractivity contribution is 5.33. The Kier molecular flexibility index (Phi) is 6.29. The van der Waals surface area contributed by atoms with E-state index in [4.69, 9.17) is 0 Å². The zero-order valence-corrected chi connectivity index (χ0v) is 22.1. The van der Waals surface area contributed by atoms with E-state index >= 15 is 0 Å². The maximum absolute atomic E-state index is 12.0. The van der Waals surface area contributed by atoms with Gasteiger partial charge < -0.3 is 5.11 Å². The first-order valence-electron chi connectivity index (χ1n) is 13.8. The number of rotatable bonds is 5. The van der Waals surface area contributed by atoms with Crippen molar-refractivity contribution in [3.05, 3.63) is 11.1 Å². The van der Waals surface area contributed by atoms with Crippen molar-refractivity contribution in [1.29, 1.82) is 0 Å².